The molecule has 26 heavy (non-hydrogen) atoms. The van der Waals surface area contributed by atoms with Crippen LogP contribution in [0.25, 0.3) is 0 Å². The lowest BCUT2D eigenvalue weighted by molar-refractivity contribution is 0.0724. The molecule has 2 aromatic rings. The Labute approximate surface area is 158 Å². The van der Waals surface area contributed by atoms with Crippen LogP contribution in [0.4, 0.5) is 5.82 Å². The second-order valence-corrected chi connectivity index (χ2v) is 7.40. The number of benzene rings is 1. The minimum Gasteiger partial charge on any atom is -0.508 e. The van der Waals surface area contributed by atoms with Gasteiger partial charge in [-0.3, -0.25) is 4.79 Å². The maximum Gasteiger partial charge on any atom is 0.255 e. The first-order chi connectivity index (χ1) is 12.6. The first-order valence-corrected chi connectivity index (χ1v) is 9.53. The van der Waals surface area contributed by atoms with Gasteiger partial charge < -0.3 is 15.3 Å². The number of phenols is 1. The number of carbonyl (C=O) groups is 1. The summed E-state index contributed by atoms with van der Waals surface area (Å²) in [5, 5.41) is 13.8. The first kappa shape index (κ1) is 17.2. The molecule has 0 spiro atoms. The molecular formula is C20H22ClN3O2. The standard InChI is InChI=1S/C20H22ClN3O2/c21-16-11-13(20(26)24-9-2-1-3-10-24)12-22-19(16)23-17-8-7-15-14(17)5-4-6-18(15)25/h4-6,11-12,17,25H,1-3,7-10H2,(H,22,23). The fourth-order valence-corrected chi connectivity index (χ4v) is 4.11. The number of piperidine rings is 1. The third-order valence-corrected chi connectivity index (χ3v) is 5.58. The molecule has 136 valence electrons. The fourth-order valence-electron chi connectivity index (χ4n) is 3.89. The number of amides is 1. The third-order valence-electron chi connectivity index (χ3n) is 5.29. The highest BCUT2D eigenvalue weighted by Gasteiger charge is 2.26. The highest BCUT2D eigenvalue weighted by atomic mass is 35.5. The van der Waals surface area contributed by atoms with Gasteiger partial charge in [-0.25, -0.2) is 4.98 Å². The molecule has 5 nitrogen and oxygen atoms in total. The summed E-state index contributed by atoms with van der Waals surface area (Å²) in [5.74, 6) is 0.915. The van der Waals surface area contributed by atoms with Crippen LogP contribution in [-0.2, 0) is 6.42 Å². The van der Waals surface area contributed by atoms with Crippen LogP contribution in [-0.4, -0.2) is 34.0 Å². The smallest absolute Gasteiger partial charge is 0.255 e. The van der Waals surface area contributed by atoms with E-state index in [1.54, 1.807) is 18.3 Å². The Kier molecular flexibility index (Phi) is 4.72. The number of aromatic nitrogens is 1. The molecule has 1 aliphatic heterocycles. The summed E-state index contributed by atoms with van der Waals surface area (Å²) in [7, 11) is 0. The van der Waals surface area contributed by atoms with E-state index in [-0.39, 0.29) is 11.9 Å². The summed E-state index contributed by atoms with van der Waals surface area (Å²) in [6.45, 7) is 1.61. The average molecular weight is 372 g/mol. The van der Waals surface area contributed by atoms with Gasteiger partial charge in [0, 0.05) is 19.3 Å². The van der Waals surface area contributed by atoms with Gasteiger partial charge >= 0.3 is 0 Å². The van der Waals surface area contributed by atoms with Crippen LogP contribution in [0.3, 0.4) is 0 Å². The SMILES string of the molecule is O=C(c1cnc(NC2CCc3c(O)cccc32)c(Cl)c1)N1CCCCC1. The maximum atomic E-state index is 12.6. The number of anilines is 1. The number of rotatable bonds is 3. The number of halogens is 1. The number of fused-ring (bicyclic) bond motifs is 1. The highest BCUT2D eigenvalue weighted by Crippen LogP contribution is 2.38. The van der Waals surface area contributed by atoms with Gasteiger partial charge in [0.2, 0.25) is 0 Å². The molecule has 4 rings (SSSR count). The van der Waals surface area contributed by atoms with Crippen LogP contribution in [0.15, 0.2) is 30.5 Å². The van der Waals surface area contributed by atoms with Crippen LogP contribution in [0.2, 0.25) is 5.02 Å². The van der Waals surface area contributed by atoms with Crippen molar-refractivity contribution in [3.05, 3.63) is 52.2 Å². The van der Waals surface area contributed by atoms with E-state index in [2.05, 4.69) is 10.3 Å². The lowest BCUT2D eigenvalue weighted by Crippen LogP contribution is -2.35. The monoisotopic (exact) mass is 371 g/mol. The molecule has 0 saturated carbocycles. The quantitative estimate of drug-likeness (QED) is 0.850. The summed E-state index contributed by atoms with van der Waals surface area (Å²) in [5.41, 5.74) is 2.60. The zero-order valence-corrected chi connectivity index (χ0v) is 15.3. The topological polar surface area (TPSA) is 65.5 Å². The van der Waals surface area contributed by atoms with E-state index >= 15 is 0 Å². The number of aromatic hydroxyl groups is 1. The normalized spacial score (nSPS) is 19.3. The Hall–Kier alpha value is -2.27. The molecule has 1 fully saturated rings. The van der Waals surface area contributed by atoms with E-state index in [1.807, 2.05) is 17.0 Å². The van der Waals surface area contributed by atoms with Crippen molar-refractivity contribution in [2.24, 2.45) is 0 Å². The zero-order valence-electron chi connectivity index (χ0n) is 14.5. The predicted octanol–water partition coefficient (Wildman–Crippen LogP) is 4.17. The number of likely N-dealkylation sites (tertiary alicyclic amines) is 1. The Bertz CT molecular complexity index is 834. The number of phenolic OH excluding ortho intramolecular Hbond substituents is 1. The van der Waals surface area contributed by atoms with Crippen molar-refractivity contribution in [1.82, 2.24) is 9.88 Å². The summed E-state index contributed by atoms with van der Waals surface area (Å²) < 4.78 is 0. The Morgan fingerprint density at radius 2 is 2.08 bits per heavy atom. The maximum absolute atomic E-state index is 12.6. The van der Waals surface area contributed by atoms with Crippen LogP contribution in [0.1, 0.15) is 53.2 Å². The van der Waals surface area contributed by atoms with E-state index < -0.39 is 0 Å². The van der Waals surface area contributed by atoms with Crippen LogP contribution < -0.4 is 5.32 Å². The van der Waals surface area contributed by atoms with Crippen LogP contribution in [0.5, 0.6) is 5.75 Å². The molecule has 0 radical (unpaired) electrons. The Morgan fingerprint density at radius 3 is 2.85 bits per heavy atom. The van der Waals surface area contributed by atoms with E-state index in [0.717, 1.165) is 49.9 Å². The van der Waals surface area contributed by atoms with Gasteiger partial charge in [-0.05, 0) is 55.4 Å². The van der Waals surface area contributed by atoms with Gasteiger partial charge in [-0.2, -0.15) is 0 Å². The third kappa shape index (κ3) is 3.23. The van der Waals surface area contributed by atoms with Crippen molar-refractivity contribution < 1.29 is 9.90 Å². The first-order valence-electron chi connectivity index (χ1n) is 9.15. The molecule has 6 heteroatoms. The second kappa shape index (κ2) is 7.16. The number of hydrogen-bond acceptors (Lipinski definition) is 4. The number of hydrogen-bond donors (Lipinski definition) is 2. The molecule has 1 aromatic carbocycles. The average Bonchev–Trinajstić information content (AvgIpc) is 3.08. The van der Waals surface area contributed by atoms with E-state index in [9.17, 15) is 9.90 Å². The van der Waals surface area contributed by atoms with Crippen molar-refractivity contribution >= 4 is 23.3 Å². The zero-order chi connectivity index (χ0) is 18.1. The van der Waals surface area contributed by atoms with Crippen molar-refractivity contribution in [3.8, 4) is 5.75 Å². The predicted molar refractivity (Wildman–Crippen MR) is 102 cm³/mol. The molecule has 1 unspecified atom stereocenters. The summed E-state index contributed by atoms with van der Waals surface area (Å²) >= 11 is 6.40. The van der Waals surface area contributed by atoms with Gasteiger partial charge in [0.05, 0.1) is 16.6 Å². The van der Waals surface area contributed by atoms with Crippen LogP contribution >= 0.6 is 11.6 Å². The summed E-state index contributed by atoms with van der Waals surface area (Å²) in [4.78, 5) is 18.9. The highest BCUT2D eigenvalue weighted by molar-refractivity contribution is 6.33. The number of nitrogens with one attached hydrogen (secondary N) is 1. The molecule has 2 heterocycles. The van der Waals surface area contributed by atoms with E-state index in [4.69, 9.17) is 11.6 Å². The van der Waals surface area contributed by atoms with E-state index in [0.29, 0.717) is 22.2 Å². The van der Waals surface area contributed by atoms with Gasteiger partial charge in [0.1, 0.15) is 11.6 Å². The van der Waals surface area contributed by atoms with Gasteiger partial charge in [-0.15, -0.1) is 0 Å². The molecule has 1 saturated heterocycles. The minimum absolute atomic E-state index is 0.00165. The molecule has 2 N–H and O–H groups in total. The van der Waals surface area contributed by atoms with Crippen molar-refractivity contribution in [2.75, 3.05) is 18.4 Å². The molecule has 1 amide bonds. The Morgan fingerprint density at radius 1 is 1.27 bits per heavy atom. The number of carbonyl (C=O) groups excluding carboxylic acids is 1. The van der Waals surface area contributed by atoms with Crippen molar-refractivity contribution in [2.45, 2.75) is 38.1 Å². The van der Waals surface area contributed by atoms with Crippen LogP contribution in [0, 0.1) is 0 Å². The lowest BCUT2D eigenvalue weighted by Gasteiger charge is -2.26. The summed E-state index contributed by atoms with van der Waals surface area (Å²) in [6, 6.07) is 7.34. The summed E-state index contributed by atoms with van der Waals surface area (Å²) in [6.07, 6.45) is 6.59. The van der Waals surface area contributed by atoms with E-state index in [1.165, 1.54) is 6.42 Å². The minimum atomic E-state index is 0.00165. The molecule has 1 atom stereocenters. The Balaban J connectivity index is 1.51. The number of pyridine rings is 1. The van der Waals surface area contributed by atoms with Gasteiger partial charge in [0.15, 0.2) is 0 Å². The molecule has 1 aromatic heterocycles. The second-order valence-electron chi connectivity index (χ2n) is 6.99. The largest absolute Gasteiger partial charge is 0.508 e. The van der Waals surface area contributed by atoms with Gasteiger partial charge in [0.25, 0.3) is 5.91 Å². The molecule has 1 aliphatic carbocycles. The fraction of sp³-hybridized carbons (Fsp3) is 0.400. The molecular weight excluding hydrogens is 350 g/mol. The number of nitrogens with zero attached hydrogens (tertiary/aromatic N) is 2. The van der Waals surface area contributed by atoms with Crippen molar-refractivity contribution in [1.29, 1.82) is 0 Å². The van der Waals surface area contributed by atoms with Gasteiger partial charge in [-0.1, -0.05) is 23.7 Å². The van der Waals surface area contributed by atoms with Crippen molar-refractivity contribution in [3.63, 3.8) is 0 Å². The molecule has 2 aliphatic rings. The lowest BCUT2D eigenvalue weighted by atomic mass is 10.1. The molecule has 0 bridgehead atoms.